The third kappa shape index (κ3) is 3.71. The van der Waals surface area contributed by atoms with Gasteiger partial charge in [-0.3, -0.25) is 14.9 Å². The molecule has 0 aliphatic carbocycles. The number of thiophene rings is 1. The van der Waals surface area contributed by atoms with Gasteiger partial charge in [-0.25, -0.2) is 0 Å². The molecule has 2 heterocycles. The highest BCUT2D eigenvalue weighted by Gasteiger charge is 2.16. The number of methoxy groups -OCH3 is 2. The zero-order valence-corrected chi connectivity index (χ0v) is 16.6. The first-order chi connectivity index (χ1) is 13.0. The van der Waals surface area contributed by atoms with Crippen LogP contribution in [0.1, 0.15) is 23.0 Å². The molecule has 142 valence electrons. The molecule has 0 saturated carbocycles. The summed E-state index contributed by atoms with van der Waals surface area (Å²) in [5.74, 6) is 0.699. The summed E-state index contributed by atoms with van der Waals surface area (Å²) in [4.78, 5) is 27.8. The van der Waals surface area contributed by atoms with Gasteiger partial charge >= 0.3 is 5.00 Å². The molecule has 1 amide bonds. The summed E-state index contributed by atoms with van der Waals surface area (Å²) >= 11 is 2.18. The largest absolute Gasteiger partial charge is 0.493 e. The van der Waals surface area contributed by atoms with Crippen molar-refractivity contribution in [2.45, 2.75) is 19.9 Å². The number of amides is 1. The fraction of sp³-hybridized carbons (Fsp3) is 0.294. The fourth-order valence-corrected chi connectivity index (χ4v) is 4.37. The van der Waals surface area contributed by atoms with Crippen molar-refractivity contribution in [3.05, 3.63) is 44.1 Å². The van der Waals surface area contributed by atoms with Gasteiger partial charge < -0.3 is 14.0 Å². The van der Waals surface area contributed by atoms with E-state index in [1.807, 2.05) is 23.6 Å². The van der Waals surface area contributed by atoms with Crippen LogP contribution in [-0.4, -0.2) is 29.6 Å². The number of aryl methyl sites for hydroxylation is 1. The van der Waals surface area contributed by atoms with E-state index in [9.17, 15) is 14.9 Å². The van der Waals surface area contributed by atoms with Gasteiger partial charge in [-0.2, -0.15) is 4.99 Å². The highest BCUT2D eigenvalue weighted by Crippen LogP contribution is 2.33. The zero-order chi connectivity index (χ0) is 19.6. The van der Waals surface area contributed by atoms with Crippen LogP contribution < -0.4 is 14.3 Å². The molecule has 3 rings (SSSR count). The van der Waals surface area contributed by atoms with Crippen molar-refractivity contribution >= 4 is 43.8 Å². The van der Waals surface area contributed by atoms with Gasteiger partial charge in [0.05, 0.1) is 29.4 Å². The van der Waals surface area contributed by atoms with E-state index in [4.69, 9.17) is 9.47 Å². The normalized spacial score (nSPS) is 11.7. The molecule has 2 aromatic heterocycles. The van der Waals surface area contributed by atoms with E-state index in [1.54, 1.807) is 14.2 Å². The molecule has 8 nitrogen and oxygen atoms in total. The van der Waals surface area contributed by atoms with Crippen LogP contribution in [0.5, 0.6) is 11.5 Å². The van der Waals surface area contributed by atoms with E-state index in [1.165, 1.54) is 23.5 Å². The quantitative estimate of drug-likeness (QED) is 0.457. The number of carbonyl (C=O) groups is 1. The Morgan fingerprint density at radius 1 is 1.22 bits per heavy atom. The fourth-order valence-electron chi connectivity index (χ4n) is 2.60. The lowest BCUT2D eigenvalue weighted by atomic mass is 10.3. The number of carbonyl (C=O) groups excluding carboxylic acids is 1. The molecule has 0 fully saturated rings. The van der Waals surface area contributed by atoms with Crippen molar-refractivity contribution in [1.82, 2.24) is 4.57 Å². The molecule has 0 aliphatic rings. The Balaban J connectivity index is 2.13. The minimum Gasteiger partial charge on any atom is -0.493 e. The Morgan fingerprint density at radius 3 is 2.52 bits per heavy atom. The van der Waals surface area contributed by atoms with Crippen molar-refractivity contribution in [2.75, 3.05) is 14.2 Å². The first-order valence-electron chi connectivity index (χ1n) is 8.07. The molecule has 1 aromatic carbocycles. The average Bonchev–Trinajstić information content (AvgIpc) is 3.26. The molecule has 0 atom stereocenters. The molecule has 0 aliphatic heterocycles. The van der Waals surface area contributed by atoms with E-state index in [0.29, 0.717) is 22.8 Å². The van der Waals surface area contributed by atoms with Crippen LogP contribution in [0.3, 0.4) is 0 Å². The highest BCUT2D eigenvalue weighted by atomic mass is 32.1. The average molecular weight is 407 g/mol. The Hall–Kier alpha value is -2.72. The van der Waals surface area contributed by atoms with Crippen molar-refractivity contribution in [1.29, 1.82) is 0 Å². The Kier molecular flexibility index (Phi) is 5.57. The Labute approximate surface area is 162 Å². The zero-order valence-electron chi connectivity index (χ0n) is 14.9. The molecule has 0 spiro atoms. The summed E-state index contributed by atoms with van der Waals surface area (Å²) in [6, 6.07) is 6.45. The second-order valence-electron chi connectivity index (χ2n) is 5.52. The molecule has 0 N–H and O–H groups in total. The Bertz CT molecular complexity index is 1080. The minimum absolute atomic E-state index is 0.0826. The molecule has 3 aromatic rings. The minimum atomic E-state index is -0.517. The number of thiazole rings is 1. The highest BCUT2D eigenvalue weighted by molar-refractivity contribution is 7.17. The SMILES string of the molecule is CCCn1c(=NC(=O)c2ccc([N+](=O)[O-])s2)sc2cc(OC)c(OC)cc21. The third-order valence-corrected chi connectivity index (χ3v) is 5.88. The second kappa shape index (κ2) is 7.89. The van der Waals surface area contributed by atoms with E-state index in [0.717, 1.165) is 28.0 Å². The predicted molar refractivity (Wildman–Crippen MR) is 104 cm³/mol. The first kappa shape index (κ1) is 19.1. The number of hydrogen-bond donors (Lipinski definition) is 0. The number of nitro groups is 1. The number of rotatable bonds is 6. The number of benzene rings is 1. The van der Waals surface area contributed by atoms with Gasteiger partial charge in [0.1, 0.15) is 4.88 Å². The van der Waals surface area contributed by atoms with E-state index < -0.39 is 10.8 Å². The van der Waals surface area contributed by atoms with Gasteiger partial charge in [-0.05, 0) is 12.5 Å². The number of fused-ring (bicyclic) bond motifs is 1. The van der Waals surface area contributed by atoms with Gasteiger partial charge in [0.2, 0.25) is 0 Å². The van der Waals surface area contributed by atoms with E-state index >= 15 is 0 Å². The summed E-state index contributed by atoms with van der Waals surface area (Å²) in [5.41, 5.74) is 0.892. The van der Waals surface area contributed by atoms with Crippen LogP contribution in [0.4, 0.5) is 5.00 Å². The summed E-state index contributed by atoms with van der Waals surface area (Å²) in [7, 11) is 3.13. The lowest BCUT2D eigenvalue weighted by Crippen LogP contribution is -2.16. The molecule has 27 heavy (non-hydrogen) atoms. The first-order valence-corrected chi connectivity index (χ1v) is 9.70. The van der Waals surface area contributed by atoms with Gasteiger partial charge in [0.25, 0.3) is 5.91 Å². The Morgan fingerprint density at radius 2 is 1.93 bits per heavy atom. The lowest BCUT2D eigenvalue weighted by Gasteiger charge is -2.08. The van der Waals surface area contributed by atoms with E-state index in [2.05, 4.69) is 4.99 Å². The van der Waals surface area contributed by atoms with Gasteiger partial charge in [-0.1, -0.05) is 29.6 Å². The smallest absolute Gasteiger partial charge is 0.324 e. The maximum absolute atomic E-state index is 12.5. The van der Waals surface area contributed by atoms with Crippen LogP contribution in [0.15, 0.2) is 29.3 Å². The monoisotopic (exact) mass is 407 g/mol. The molecule has 0 saturated heterocycles. The molecular formula is C17H17N3O5S2. The molecule has 0 bridgehead atoms. The molecule has 0 radical (unpaired) electrons. The van der Waals surface area contributed by atoms with Crippen LogP contribution in [0.25, 0.3) is 10.2 Å². The summed E-state index contributed by atoms with van der Waals surface area (Å²) in [6.07, 6.45) is 0.853. The molecule has 10 heteroatoms. The number of aromatic nitrogens is 1. The number of hydrogen-bond acceptors (Lipinski definition) is 7. The van der Waals surface area contributed by atoms with Crippen LogP contribution >= 0.6 is 22.7 Å². The number of ether oxygens (including phenoxy) is 2. The summed E-state index contributed by atoms with van der Waals surface area (Å²) in [5, 5.41) is 10.7. The van der Waals surface area contributed by atoms with E-state index in [-0.39, 0.29) is 9.88 Å². The van der Waals surface area contributed by atoms with Crippen molar-refractivity contribution in [3.8, 4) is 11.5 Å². The predicted octanol–water partition coefficient (Wildman–Crippen LogP) is 3.84. The lowest BCUT2D eigenvalue weighted by molar-refractivity contribution is -0.380. The van der Waals surface area contributed by atoms with Crippen LogP contribution in [0, 0.1) is 10.1 Å². The van der Waals surface area contributed by atoms with Crippen molar-refractivity contribution in [3.63, 3.8) is 0 Å². The third-order valence-electron chi connectivity index (χ3n) is 3.82. The summed E-state index contributed by atoms with van der Waals surface area (Å²) in [6.45, 7) is 2.71. The number of nitrogens with zero attached hydrogens (tertiary/aromatic N) is 3. The maximum atomic E-state index is 12.5. The van der Waals surface area contributed by atoms with Gasteiger partial charge in [-0.15, -0.1) is 0 Å². The van der Waals surface area contributed by atoms with Crippen molar-refractivity contribution in [2.24, 2.45) is 4.99 Å². The van der Waals surface area contributed by atoms with Gasteiger partial charge in [0, 0.05) is 24.7 Å². The van der Waals surface area contributed by atoms with Crippen molar-refractivity contribution < 1.29 is 19.2 Å². The van der Waals surface area contributed by atoms with Crippen LogP contribution in [0.2, 0.25) is 0 Å². The standard InChI is InChI=1S/C17H17N3O5S2/c1-4-7-19-10-8-11(24-2)12(25-3)9-14(10)27-17(19)18-16(21)13-5-6-15(26-13)20(22)23/h5-6,8-9H,4,7H2,1-3H3. The summed E-state index contributed by atoms with van der Waals surface area (Å²) < 4.78 is 13.6. The second-order valence-corrected chi connectivity index (χ2v) is 7.59. The van der Waals surface area contributed by atoms with Crippen LogP contribution in [-0.2, 0) is 6.54 Å². The molecular weight excluding hydrogens is 390 g/mol. The maximum Gasteiger partial charge on any atom is 0.324 e. The van der Waals surface area contributed by atoms with Gasteiger partial charge in [0.15, 0.2) is 16.3 Å². The molecule has 0 unspecified atom stereocenters. The topological polar surface area (TPSA) is 96.0 Å².